The van der Waals surface area contributed by atoms with Crippen molar-refractivity contribution in [3.8, 4) is 5.75 Å². The smallest absolute Gasteiger partial charge is 0.252 e. The van der Waals surface area contributed by atoms with Crippen LogP contribution < -0.4 is 10.1 Å². The van der Waals surface area contributed by atoms with Gasteiger partial charge in [-0.2, -0.15) is 0 Å². The Balaban J connectivity index is 2.10. The second kappa shape index (κ2) is 7.89. The van der Waals surface area contributed by atoms with E-state index < -0.39 is 15.7 Å². The number of halogens is 1. The first kappa shape index (κ1) is 19.3. The lowest BCUT2D eigenvalue weighted by Gasteiger charge is -2.11. The van der Waals surface area contributed by atoms with E-state index in [2.05, 4.69) is 5.32 Å². The van der Waals surface area contributed by atoms with E-state index in [1.54, 1.807) is 7.11 Å². The molecule has 25 heavy (non-hydrogen) atoms. The van der Waals surface area contributed by atoms with Gasteiger partial charge in [-0.25, -0.2) is 8.42 Å². The second-order valence-electron chi connectivity index (χ2n) is 5.74. The summed E-state index contributed by atoms with van der Waals surface area (Å²) in [6.45, 7) is 2.36. The molecule has 0 saturated heterocycles. The Bertz CT molecular complexity index is 894. The molecule has 5 nitrogen and oxygen atoms in total. The lowest BCUT2D eigenvalue weighted by Crippen LogP contribution is -2.26. The predicted molar refractivity (Wildman–Crippen MR) is 98.3 cm³/mol. The topological polar surface area (TPSA) is 72.5 Å². The third kappa shape index (κ3) is 4.96. The predicted octanol–water partition coefficient (Wildman–Crippen LogP) is 3.03. The SMILES string of the molecule is COc1ccc(C)cc1CCNC(=O)c1cc(S(C)(=O)=O)ccc1Cl. The molecule has 0 unspecified atom stereocenters. The van der Waals surface area contributed by atoms with Gasteiger partial charge in [-0.05, 0) is 43.2 Å². The number of ether oxygens (including phenoxy) is 1. The fraction of sp³-hybridized carbons (Fsp3) is 0.278. The number of rotatable bonds is 6. The van der Waals surface area contributed by atoms with Crippen molar-refractivity contribution in [3.05, 3.63) is 58.1 Å². The monoisotopic (exact) mass is 381 g/mol. The van der Waals surface area contributed by atoms with Crippen molar-refractivity contribution in [2.24, 2.45) is 0 Å². The quantitative estimate of drug-likeness (QED) is 0.834. The van der Waals surface area contributed by atoms with Gasteiger partial charge in [0.2, 0.25) is 0 Å². The number of carbonyl (C=O) groups is 1. The Labute approximate surface area is 152 Å². The third-order valence-electron chi connectivity index (χ3n) is 3.73. The van der Waals surface area contributed by atoms with Crippen molar-refractivity contribution in [1.82, 2.24) is 5.32 Å². The summed E-state index contributed by atoms with van der Waals surface area (Å²) < 4.78 is 28.6. The van der Waals surface area contributed by atoms with Gasteiger partial charge in [0.15, 0.2) is 9.84 Å². The Morgan fingerprint density at radius 3 is 2.56 bits per heavy atom. The number of nitrogens with one attached hydrogen (secondary N) is 1. The van der Waals surface area contributed by atoms with Crippen LogP contribution in [0.5, 0.6) is 5.75 Å². The molecular weight excluding hydrogens is 362 g/mol. The number of aryl methyl sites for hydroxylation is 1. The van der Waals surface area contributed by atoms with E-state index in [0.717, 1.165) is 23.1 Å². The van der Waals surface area contributed by atoms with Crippen LogP contribution >= 0.6 is 11.6 Å². The van der Waals surface area contributed by atoms with Gasteiger partial charge < -0.3 is 10.1 Å². The van der Waals surface area contributed by atoms with Crippen LogP contribution in [0.1, 0.15) is 21.5 Å². The van der Waals surface area contributed by atoms with Gasteiger partial charge in [0.25, 0.3) is 5.91 Å². The number of carbonyl (C=O) groups excluding carboxylic acids is 1. The molecule has 2 aromatic rings. The number of methoxy groups -OCH3 is 1. The van der Waals surface area contributed by atoms with Gasteiger partial charge >= 0.3 is 0 Å². The molecule has 1 N–H and O–H groups in total. The molecule has 134 valence electrons. The summed E-state index contributed by atoms with van der Waals surface area (Å²) in [5.74, 6) is 0.346. The molecule has 0 aliphatic carbocycles. The number of hydrogen-bond donors (Lipinski definition) is 1. The van der Waals surface area contributed by atoms with Crippen molar-refractivity contribution < 1.29 is 17.9 Å². The van der Waals surface area contributed by atoms with Crippen LogP contribution in [0.4, 0.5) is 0 Å². The molecule has 0 radical (unpaired) electrons. The fourth-order valence-electron chi connectivity index (χ4n) is 2.42. The van der Waals surface area contributed by atoms with Crippen LogP contribution in [0.25, 0.3) is 0 Å². The molecule has 0 spiro atoms. The first-order valence-corrected chi connectivity index (χ1v) is 9.90. The largest absolute Gasteiger partial charge is 0.496 e. The van der Waals surface area contributed by atoms with E-state index in [1.165, 1.54) is 18.2 Å². The molecule has 1 amide bonds. The molecule has 0 fully saturated rings. The van der Waals surface area contributed by atoms with Crippen LogP contribution in [0.15, 0.2) is 41.3 Å². The maximum atomic E-state index is 12.3. The minimum absolute atomic E-state index is 0.0578. The van der Waals surface area contributed by atoms with Gasteiger partial charge in [-0.15, -0.1) is 0 Å². The van der Waals surface area contributed by atoms with Gasteiger partial charge in [0.05, 0.1) is 22.6 Å². The minimum atomic E-state index is -3.41. The average Bonchev–Trinajstić information content (AvgIpc) is 2.54. The molecule has 0 bridgehead atoms. The van der Waals surface area contributed by atoms with Gasteiger partial charge in [-0.1, -0.05) is 29.3 Å². The van der Waals surface area contributed by atoms with Gasteiger partial charge in [-0.3, -0.25) is 4.79 Å². The zero-order valence-corrected chi connectivity index (χ0v) is 15.9. The molecule has 0 heterocycles. The van der Waals surface area contributed by atoms with E-state index in [9.17, 15) is 13.2 Å². The lowest BCUT2D eigenvalue weighted by molar-refractivity contribution is 0.0954. The maximum Gasteiger partial charge on any atom is 0.252 e. The molecule has 0 aliphatic heterocycles. The molecular formula is C18H20ClNO4S. The summed E-state index contributed by atoms with van der Waals surface area (Å²) >= 11 is 6.03. The highest BCUT2D eigenvalue weighted by Gasteiger charge is 2.15. The van der Waals surface area contributed by atoms with Crippen LogP contribution in [-0.2, 0) is 16.3 Å². The highest BCUT2D eigenvalue weighted by molar-refractivity contribution is 7.90. The molecule has 0 atom stereocenters. The number of amides is 1. The van der Waals surface area contributed by atoms with Crippen molar-refractivity contribution >= 4 is 27.3 Å². The summed E-state index contributed by atoms with van der Waals surface area (Å²) in [6, 6.07) is 9.93. The first-order chi connectivity index (χ1) is 11.7. The summed E-state index contributed by atoms with van der Waals surface area (Å²) in [4.78, 5) is 12.4. The number of sulfone groups is 1. The number of benzene rings is 2. The molecule has 0 aromatic heterocycles. The Morgan fingerprint density at radius 1 is 1.20 bits per heavy atom. The zero-order chi connectivity index (χ0) is 18.6. The average molecular weight is 382 g/mol. The normalized spacial score (nSPS) is 11.2. The highest BCUT2D eigenvalue weighted by Crippen LogP contribution is 2.21. The number of hydrogen-bond acceptors (Lipinski definition) is 4. The molecule has 0 saturated carbocycles. The fourth-order valence-corrected chi connectivity index (χ4v) is 3.27. The minimum Gasteiger partial charge on any atom is -0.496 e. The Kier molecular flexibility index (Phi) is 6.08. The zero-order valence-electron chi connectivity index (χ0n) is 14.3. The molecule has 2 rings (SSSR count). The Morgan fingerprint density at radius 2 is 1.92 bits per heavy atom. The molecule has 0 aliphatic rings. The van der Waals surface area contributed by atoms with Crippen LogP contribution in [0.2, 0.25) is 5.02 Å². The Hall–Kier alpha value is -2.05. The standard InChI is InChI=1S/C18H20ClNO4S/c1-12-4-7-17(24-2)13(10-12)8-9-20-18(21)15-11-14(25(3,22)23)5-6-16(15)19/h4-7,10-11H,8-9H2,1-3H3,(H,20,21). The van der Waals surface area contributed by atoms with E-state index in [1.807, 2.05) is 25.1 Å². The van der Waals surface area contributed by atoms with E-state index in [-0.39, 0.29) is 15.5 Å². The van der Waals surface area contributed by atoms with Crippen molar-refractivity contribution in [2.45, 2.75) is 18.2 Å². The maximum absolute atomic E-state index is 12.3. The van der Waals surface area contributed by atoms with Gasteiger partial charge in [0, 0.05) is 12.8 Å². The van der Waals surface area contributed by atoms with E-state index in [4.69, 9.17) is 16.3 Å². The summed E-state index contributed by atoms with van der Waals surface area (Å²) in [7, 11) is -1.81. The van der Waals surface area contributed by atoms with Crippen LogP contribution in [-0.4, -0.2) is 34.2 Å². The van der Waals surface area contributed by atoms with E-state index >= 15 is 0 Å². The summed E-state index contributed by atoms with van der Waals surface area (Å²) in [5, 5.41) is 2.97. The molecule has 7 heteroatoms. The van der Waals surface area contributed by atoms with Gasteiger partial charge in [0.1, 0.15) is 5.75 Å². The van der Waals surface area contributed by atoms with E-state index in [0.29, 0.717) is 13.0 Å². The summed E-state index contributed by atoms with van der Waals surface area (Å²) in [5.41, 5.74) is 2.23. The van der Waals surface area contributed by atoms with Crippen LogP contribution in [0.3, 0.4) is 0 Å². The van der Waals surface area contributed by atoms with Crippen molar-refractivity contribution in [3.63, 3.8) is 0 Å². The molecule has 2 aromatic carbocycles. The van der Waals surface area contributed by atoms with Crippen LogP contribution in [0, 0.1) is 6.92 Å². The summed E-state index contributed by atoms with van der Waals surface area (Å²) in [6.07, 6.45) is 1.67. The van der Waals surface area contributed by atoms with Crippen molar-refractivity contribution in [2.75, 3.05) is 19.9 Å². The second-order valence-corrected chi connectivity index (χ2v) is 8.16. The third-order valence-corrected chi connectivity index (χ3v) is 5.17. The first-order valence-electron chi connectivity index (χ1n) is 7.63. The van der Waals surface area contributed by atoms with Crippen molar-refractivity contribution in [1.29, 1.82) is 0 Å². The highest BCUT2D eigenvalue weighted by atomic mass is 35.5. The lowest BCUT2D eigenvalue weighted by atomic mass is 10.1.